The van der Waals surface area contributed by atoms with Crippen LogP contribution in [0.4, 0.5) is 5.82 Å². The van der Waals surface area contributed by atoms with Gasteiger partial charge in [0.2, 0.25) is 5.82 Å². The molecule has 0 bridgehead atoms. The van der Waals surface area contributed by atoms with E-state index in [0.29, 0.717) is 48.1 Å². The normalized spacial score (nSPS) is 10.6. The Balaban J connectivity index is 1.74. The van der Waals surface area contributed by atoms with Gasteiger partial charge in [-0.3, -0.25) is 4.79 Å². The van der Waals surface area contributed by atoms with Crippen LogP contribution >= 0.6 is 0 Å². The van der Waals surface area contributed by atoms with Crippen LogP contribution in [-0.2, 0) is 0 Å². The van der Waals surface area contributed by atoms with Crippen molar-refractivity contribution in [2.75, 3.05) is 25.1 Å². The number of aromatic nitrogens is 2. The van der Waals surface area contributed by atoms with Crippen molar-refractivity contribution in [2.45, 2.75) is 46.5 Å². The van der Waals surface area contributed by atoms with Crippen molar-refractivity contribution < 1.29 is 23.6 Å². The van der Waals surface area contributed by atoms with Gasteiger partial charge in [0, 0.05) is 11.1 Å². The molecule has 3 rings (SSSR count). The van der Waals surface area contributed by atoms with Crippen LogP contribution in [0.25, 0.3) is 11.3 Å². The standard InChI is InChI=1S/C25H31N3O5/c1-4-7-16-30-20-11-8-18(9-12-20)25(29)26-24-23(27-33-28-24)19-10-13-21(31-14-5-2)22(17-19)32-15-6-3/h8-13,17H,4-7,14-16H2,1-3H3,(H,26,28,29). The molecule has 0 unspecified atom stereocenters. The lowest BCUT2D eigenvalue weighted by Crippen LogP contribution is -2.13. The van der Waals surface area contributed by atoms with E-state index in [-0.39, 0.29) is 11.7 Å². The van der Waals surface area contributed by atoms with E-state index in [1.165, 1.54) is 0 Å². The summed E-state index contributed by atoms with van der Waals surface area (Å²) in [6.45, 7) is 8.00. The van der Waals surface area contributed by atoms with E-state index in [9.17, 15) is 4.79 Å². The molecule has 0 aliphatic heterocycles. The Morgan fingerprint density at radius 2 is 1.58 bits per heavy atom. The van der Waals surface area contributed by atoms with Crippen LogP contribution in [0, 0.1) is 0 Å². The monoisotopic (exact) mass is 453 g/mol. The summed E-state index contributed by atoms with van der Waals surface area (Å²) in [5, 5.41) is 10.6. The first-order valence-corrected chi connectivity index (χ1v) is 11.4. The highest BCUT2D eigenvalue weighted by Gasteiger charge is 2.18. The average Bonchev–Trinajstić information content (AvgIpc) is 3.30. The van der Waals surface area contributed by atoms with Crippen molar-refractivity contribution in [1.82, 2.24) is 10.3 Å². The van der Waals surface area contributed by atoms with Crippen LogP contribution in [0.3, 0.4) is 0 Å². The Labute approximate surface area is 194 Å². The van der Waals surface area contributed by atoms with E-state index in [1.807, 2.05) is 32.0 Å². The zero-order chi connectivity index (χ0) is 23.5. The Bertz CT molecular complexity index is 1020. The van der Waals surface area contributed by atoms with Gasteiger partial charge in [0.25, 0.3) is 5.91 Å². The summed E-state index contributed by atoms with van der Waals surface area (Å²) in [6, 6.07) is 12.5. The Morgan fingerprint density at radius 3 is 2.27 bits per heavy atom. The van der Waals surface area contributed by atoms with Crippen LogP contribution in [0.15, 0.2) is 47.1 Å². The quantitative estimate of drug-likeness (QED) is 0.329. The number of benzene rings is 2. The first-order chi connectivity index (χ1) is 16.2. The number of nitrogens with one attached hydrogen (secondary N) is 1. The number of anilines is 1. The molecule has 33 heavy (non-hydrogen) atoms. The molecule has 1 aromatic heterocycles. The number of carbonyl (C=O) groups is 1. The molecular weight excluding hydrogens is 422 g/mol. The van der Waals surface area contributed by atoms with Crippen molar-refractivity contribution in [3.05, 3.63) is 48.0 Å². The van der Waals surface area contributed by atoms with Gasteiger partial charge in [0.15, 0.2) is 17.2 Å². The molecule has 1 heterocycles. The van der Waals surface area contributed by atoms with Crippen molar-refractivity contribution >= 4 is 11.7 Å². The molecule has 2 aromatic carbocycles. The summed E-state index contributed by atoms with van der Waals surface area (Å²) in [5.41, 5.74) is 1.58. The number of hydrogen-bond donors (Lipinski definition) is 1. The molecule has 1 amide bonds. The zero-order valence-electron chi connectivity index (χ0n) is 19.4. The Kier molecular flexibility index (Phi) is 9.11. The van der Waals surface area contributed by atoms with Crippen LogP contribution in [0.5, 0.6) is 17.2 Å². The molecule has 8 nitrogen and oxygen atoms in total. The second-order valence-corrected chi connectivity index (χ2v) is 7.50. The van der Waals surface area contributed by atoms with Crippen LogP contribution < -0.4 is 19.5 Å². The van der Waals surface area contributed by atoms with Crippen LogP contribution in [-0.4, -0.2) is 36.0 Å². The van der Waals surface area contributed by atoms with Gasteiger partial charge in [-0.2, -0.15) is 0 Å². The highest BCUT2D eigenvalue weighted by Crippen LogP contribution is 2.34. The van der Waals surface area contributed by atoms with Gasteiger partial charge in [-0.05, 0) is 72.0 Å². The predicted octanol–water partition coefficient (Wildman–Crippen LogP) is 5.75. The summed E-state index contributed by atoms with van der Waals surface area (Å²) in [6.07, 6.45) is 3.81. The SMILES string of the molecule is CCCCOc1ccc(C(=O)Nc2nonc2-c2ccc(OCCC)c(OCCC)c2)cc1. The topological polar surface area (TPSA) is 95.7 Å². The maximum Gasteiger partial charge on any atom is 0.256 e. The van der Waals surface area contributed by atoms with Gasteiger partial charge >= 0.3 is 0 Å². The van der Waals surface area contributed by atoms with Gasteiger partial charge in [0.05, 0.1) is 19.8 Å². The fourth-order valence-corrected chi connectivity index (χ4v) is 2.99. The number of nitrogens with zero attached hydrogens (tertiary/aromatic N) is 2. The first-order valence-electron chi connectivity index (χ1n) is 11.4. The largest absolute Gasteiger partial charge is 0.494 e. The number of ether oxygens (including phenoxy) is 3. The van der Waals surface area contributed by atoms with E-state index >= 15 is 0 Å². The van der Waals surface area contributed by atoms with E-state index in [4.69, 9.17) is 18.8 Å². The van der Waals surface area contributed by atoms with E-state index < -0.39 is 0 Å². The molecule has 8 heteroatoms. The Morgan fingerprint density at radius 1 is 0.848 bits per heavy atom. The molecule has 0 saturated heterocycles. The highest BCUT2D eigenvalue weighted by molar-refractivity contribution is 6.05. The summed E-state index contributed by atoms with van der Waals surface area (Å²) in [4.78, 5) is 12.7. The summed E-state index contributed by atoms with van der Waals surface area (Å²) in [5.74, 6) is 1.91. The second-order valence-electron chi connectivity index (χ2n) is 7.50. The molecule has 0 spiro atoms. The van der Waals surface area contributed by atoms with Crippen molar-refractivity contribution in [2.24, 2.45) is 0 Å². The summed E-state index contributed by atoms with van der Waals surface area (Å²) >= 11 is 0. The number of rotatable bonds is 13. The second kappa shape index (κ2) is 12.5. The lowest BCUT2D eigenvalue weighted by Gasteiger charge is -2.13. The van der Waals surface area contributed by atoms with Crippen molar-refractivity contribution in [3.8, 4) is 28.5 Å². The smallest absolute Gasteiger partial charge is 0.256 e. The summed E-state index contributed by atoms with van der Waals surface area (Å²) < 4.78 is 22.2. The van der Waals surface area contributed by atoms with E-state index in [0.717, 1.165) is 31.4 Å². The molecule has 0 fully saturated rings. The average molecular weight is 454 g/mol. The van der Waals surface area contributed by atoms with E-state index in [1.54, 1.807) is 24.3 Å². The molecule has 0 radical (unpaired) electrons. The lowest BCUT2D eigenvalue weighted by atomic mass is 10.1. The summed E-state index contributed by atoms with van der Waals surface area (Å²) in [7, 11) is 0. The maximum atomic E-state index is 12.7. The Hall–Kier alpha value is -3.55. The minimum absolute atomic E-state index is 0.229. The van der Waals surface area contributed by atoms with Crippen molar-refractivity contribution in [3.63, 3.8) is 0 Å². The molecule has 0 saturated carbocycles. The van der Waals surface area contributed by atoms with E-state index in [2.05, 4.69) is 22.6 Å². The minimum atomic E-state index is -0.322. The molecule has 0 atom stereocenters. The molecule has 1 N–H and O–H groups in total. The third-order valence-electron chi connectivity index (χ3n) is 4.74. The van der Waals surface area contributed by atoms with Gasteiger partial charge in [-0.15, -0.1) is 0 Å². The molecule has 0 aliphatic rings. The minimum Gasteiger partial charge on any atom is -0.494 e. The zero-order valence-corrected chi connectivity index (χ0v) is 19.4. The predicted molar refractivity (Wildman–Crippen MR) is 126 cm³/mol. The third-order valence-corrected chi connectivity index (χ3v) is 4.74. The fourth-order valence-electron chi connectivity index (χ4n) is 2.99. The first kappa shape index (κ1) is 24.1. The molecule has 3 aromatic rings. The number of unbranched alkanes of at least 4 members (excludes halogenated alkanes) is 1. The molecular formula is C25H31N3O5. The van der Waals surface area contributed by atoms with Crippen LogP contribution in [0.2, 0.25) is 0 Å². The third kappa shape index (κ3) is 6.71. The molecule has 0 aliphatic carbocycles. The number of hydrogen-bond acceptors (Lipinski definition) is 7. The van der Waals surface area contributed by atoms with Crippen molar-refractivity contribution in [1.29, 1.82) is 0 Å². The fraction of sp³-hybridized carbons (Fsp3) is 0.400. The van der Waals surface area contributed by atoms with Gasteiger partial charge < -0.3 is 19.5 Å². The molecule has 176 valence electrons. The number of amides is 1. The van der Waals surface area contributed by atoms with Crippen LogP contribution in [0.1, 0.15) is 56.8 Å². The van der Waals surface area contributed by atoms with Gasteiger partial charge in [-0.25, -0.2) is 4.63 Å². The maximum absolute atomic E-state index is 12.7. The number of carbonyl (C=O) groups excluding carboxylic acids is 1. The highest BCUT2D eigenvalue weighted by atomic mass is 16.6. The van der Waals surface area contributed by atoms with Gasteiger partial charge in [0.1, 0.15) is 5.75 Å². The lowest BCUT2D eigenvalue weighted by molar-refractivity contribution is 0.102. The van der Waals surface area contributed by atoms with Gasteiger partial charge in [-0.1, -0.05) is 27.2 Å².